The predicted octanol–water partition coefficient (Wildman–Crippen LogP) is 3.05. The average molecular weight is 382 g/mol. The van der Waals surface area contributed by atoms with Crippen LogP contribution in [0.15, 0.2) is 53.7 Å². The Kier molecular flexibility index (Phi) is 5.93. The third kappa shape index (κ3) is 3.98. The van der Waals surface area contributed by atoms with E-state index in [0.29, 0.717) is 17.9 Å². The fraction of sp³-hybridized carbons (Fsp3) is 0.286. The van der Waals surface area contributed by atoms with E-state index in [2.05, 4.69) is 5.16 Å². The first-order chi connectivity index (χ1) is 13.5. The van der Waals surface area contributed by atoms with Gasteiger partial charge in [0.15, 0.2) is 0 Å². The number of amides is 1. The van der Waals surface area contributed by atoms with E-state index in [1.165, 1.54) is 12.0 Å². The molecule has 1 aliphatic heterocycles. The van der Waals surface area contributed by atoms with Crippen molar-refractivity contribution in [3.05, 3.63) is 54.1 Å². The predicted molar refractivity (Wildman–Crippen MR) is 105 cm³/mol. The summed E-state index contributed by atoms with van der Waals surface area (Å²) in [6, 6.07) is 13.8. The number of aliphatic carboxylic acids is 1. The summed E-state index contributed by atoms with van der Waals surface area (Å²) in [5.74, 6) is -0.634. The van der Waals surface area contributed by atoms with Gasteiger partial charge in [-0.2, -0.15) is 0 Å². The summed E-state index contributed by atoms with van der Waals surface area (Å²) in [5, 5.41) is 13.2. The van der Waals surface area contributed by atoms with Crippen LogP contribution in [0.4, 0.5) is 0 Å². The van der Waals surface area contributed by atoms with E-state index in [1.54, 1.807) is 12.1 Å². The van der Waals surface area contributed by atoms with Crippen molar-refractivity contribution in [3.8, 4) is 16.9 Å². The number of hydrogen-bond donors (Lipinski definition) is 1. The van der Waals surface area contributed by atoms with Gasteiger partial charge in [-0.1, -0.05) is 35.5 Å². The lowest BCUT2D eigenvalue weighted by Crippen LogP contribution is -2.40. The molecular weight excluding hydrogens is 360 g/mol. The molecule has 1 saturated heterocycles. The smallest absolute Gasteiger partial charge is 0.326 e. The molecule has 1 aliphatic rings. The number of rotatable bonds is 6. The molecule has 0 saturated carbocycles. The molecule has 7 heteroatoms. The molecule has 1 fully saturated rings. The van der Waals surface area contributed by atoms with Crippen molar-refractivity contribution in [2.24, 2.45) is 5.16 Å². The molecule has 0 spiro atoms. The van der Waals surface area contributed by atoms with Crippen LogP contribution in [0.1, 0.15) is 23.7 Å². The molecular formula is C21H22N2O5. The Hall–Kier alpha value is -3.35. The first-order valence-corrected chi connectivity index (χ1v) is 9.00. The van der Waals surface area contributed by atoms with E-state index in [4.69, 9.17) is 9.57 Å². The lowest BCUT2D eigenvalue weighted by molar-refractivity contribution is -0.141. The normalized spacial score (nSPS) is 17.6. The van der Waals surface area contributed by atoms with E-state index in [9.17, 15) is 14.7 Å². The molecule has 1 heterocycles. The molecule has 0 bridgehead atoms. The maximum Gasteiger partial charge on any atom is 0.326 e. The Morgan fingerprint density at radius 1 is 1.18 bits per heavy atom. The van der Waals surface area contributed by atoms with E-state index in [1.807, 2.05) is 43.3 Å². The van der Waals surface area contributed by atoms with Crippen LogP contribution in [0, 0.1) is 0 Å². The highest BCUT2D eigenvalue weighted by Crippen LogP contribution is 2.30. The zero-order valence-electron chi connectivity index (χ0n) is 15.8. The molecule has 1 amide bonds. The molecule has 28 heavy (non-hydrogen) atoms. The molecule has 1 N–H and O–H groups in total. The lowest BCUT2D eigenvalue weighted by atomic mass is 10.0. The van der Waals surface area contributed by atoms with Crippen molar-refractivity contribution in [3.63, 3.8) is 0 Å². The number of benzene rings is 2. The second kappa shape index (κ2) is 8.56. The van der Waals surface area contributed by atoms with Gasteiger partial charge in [0.2, 0.25) is 0 Å². The van der Waals surface area contributed by atoms with E-state index < -0.39 is 12.0 Å². The number of likely N-dealkylation sites (tertiary alicyclic amines) is 1. The monoisotopic (exact) mass is 382 g/mol. The van der Waals surface area contributed by atoms with Gasteiger partial charge in [-0.25, -0.2) is 4.79 Å². The molecule has 1 atom stereocenters. The maximum atomic E-state index is 12.9. The van der Waals surface area contributed by atoms with E-state index in [-0.39, 0.29) is 18.9 Å². The molecule has 0 aliphatic carbocycles. The van der Waals surface area contributed by atoms with Crippen LogP contribution < -0.4 is 4.74 Å². The standard InChI is InChI=1S/C21H22N2O5/c1-3-28-19-7-5-4-6-17(19)14-8-10-15(11-9-14)20(24)23-13-16(22-27-2)12-18(23)21(25)26/h4-11,18H,3,12-13H2,1-2H3,(H,25,26)/t18-/m0/s1. The molecule has 146 valence electrons. The summed E-state index contributed by atoms with van der Waals surface area (Å²) < 4.78 is 5.66. The first-order valence-electron chi connectivity index (χ1n) is 9.00. The number of carboxylic acids is 1. The Balaban J connectivity index is 1.84. The van der Waals surface area contributed by atoms with Gasteiger partial charge in [0.05, 0.1) is 18.9 Å². The minimum Gasteiger partial charge on any atom is -0.493 e. The molecule has 7 nitrogen and oxygen atoms in total. The zero-order valence-corrected chi connectivity index (χ0v) is 15.8. The Morgan fingerprint density at radius 2 is 1.89 bits per heavy atom. The fourth-order valence-corrected chi connectivity index (χ4v) is 3.28. The minimum atomic E-state index is -1.06. The summed E-state index contributed by atoms with van der Waals surface area (Å²) >= 11 is 0. The number of carbonyl (C=O) groups excluding carboxylic acids is 1. The van der Waals surface area contributed by atoms with Crippen molar-refractivity contribution < 1.29 is 24.3 Å². The van der Waals surface area contributed by atoms with Crippen LogP contribution in [-0.4, -0.2) is 53.9 Å². The van der Waals surface area contributed by atoms with Crippen LogP contribution in [0.2, 0.25) is 0 Å². The number of para-hydroxylation sites is 1. The first kappa shape index (κ1) is 19.4. The van der Waals surface area contributed by atoms with Crippen LogP contribution in [-0.2, 0) is 9.63 Å². The van der Waals surface area contributed by atoms with Crippen molar-refractivity contribution in [1.29, 1.82) is 0 Å². The van der Waals surface area contributed by atoms with Crippen LogP contribution in [0.5, 0.6) is 5.75 Å². The zero-order chi connectivity index (χ0) is 20.1. The number of carboxylic acid groups (broad SMARTS) is 1. The van der Waals surface area contributed by atoms with Gasteiger partial charge in [-0.3, -0.25) is 4.79 Å². The minimum absolute atomic E-state index is 0.137. The van der Waals surface area contributed by atoms with Gasteiger partial charge in [0, 0.05) is 17.5 Å². The van der Waals surface area contributed by atoms with Crippen molar-refractivity contribution in [2.45, 2.75) is 19.4 Å². The van der Waals surface area contributed by atoms with Gasteiger partial charge in [0.1, 0.15) is 18.9 Å². The summed E-state index contributed by atoms with van der Waals surface area (Å²) in [6.07, 6.45) is 0.161. The third-order valence-corrected chi connectivity index (χ3v) is 4.55. The Morgan fingerprint density at radius 3 is 2.54 bits per heavy atom. The highest BCUT2D eigenvalue weighted by Gasteiger charge is 2.38. The summed E-state index contributed by atoms with van der Waals surface area (Å²) in [7, 11) is 1.39. The van der Waals surface area contributed by atoms with Crippen molar-refractivity contribution in [2.75, 3.05) is 20.3 Å². The van der Waals surface area contributed by atoms with Crippen LogP contribution >= 0.6 is 0 Å². The topological polar surface area (TPSA) is 88.4 Å². The van der Waals surface area contributed by atoms with Crippen LogP contribution in [0.25, 0.3) is 11.1 Å². The molecule has 0 unspecified atom stereocenters. The summed E-state index contributed by atoms with van der Waals surface area (Å²) in [4.78, 5) is 30.4. The number of ether oxygens (including phenoxy) is 1. The number of hydrogen-bond acceptors (Lipinski definition) is 5. The second-order valence-electron chi connectivity index (χ2n) is 6.34. The summed E-state index contributed by atoms with van der Waals surface area (Å²) in [6.45, 7) is 2.62. The molecule has 2 aromatic rings. The van der Waals surface area contributed by atoms with Gasteiger partial charge in [-0.05, 0) is 30.7 Å². The maximum absolute atomic E-state index is 12.9. The number of nitrogens with zero attached hydrogens (tertiary/aromatic N) is 2. The van der Waals surface area contributed by atoms with Gasteiger partial charge in [-0.15, -0.1) is 0 Å². The van der Waals surface area contributed by atoms with Crippen molar-refractivity contribution >= 4 is 17.6 Å². The number of oxime groups is 1. The van der Waals surface area contributed by atoms with Gasteiger partial charge in [0.25, 0.3) is 5.91 Å². The van der Waals surface area contributed by atoms with E-state index in [0.717, 1.165) is 16.9 Å². The molecule has 2 aromatic carbocycles. The number of carbonyl (C=O) groups is 2. The molecule has 0 aromatic heterocycles. The molecule has 3 rings (SSSR count). The Labute approximate surface area is 163 Å². The largest absolute Gasteiger partial charge is 0.493 e. The molecule has 0 radical (unpaired) electrons. The lowest BCUT2D eigenvalue weighted by Gasteiger charge is -2.21. The van der Waals surface area contributed by atoms with Gasteiger partial charge >= 0.3 is 5.97 Å². The Bertz CT molecular complexity index is 892. The van der Waals surface area contributed by atoms with Gasteiger partial charge < -0.3 is 19.6 Å². The summed E-state index contributed by atoms with van der Waals surface area (Å²) in [5.41, 5.74) is 2.80. The highest BCUT2D eigenvalue weighted by molar-refractivity contribution is 6.04. The SMILES string of the molecule is CCOc1ccccc1-c1ccc(C(=O)N2CC(=NOC)C[C@H]2C(=O)O)cc1. The van der Waals surface area contributed by atoms with Crippen LogP contribution in [0.3, 0.4) is 0 Å². The second-order valence-corrected chi connectivity index (χ2v) is 6.34. The third-order valence-electron chi connectivity index (χ3n) is 4.55. The van der Waals surface area contributed by atoms with E-state index >= 15 is 0 Å². The fourth-order valence-electron chi connectivity index (χ4n) is 3.28. The highest BCUT2D eigenvalue weighted by atomic mass is 16.6. The average Bonchev–Trinajstić information content (AvgIpc) is 3.13. The quantitative estimate of drug-likeness (QED) is 0.776. The van der Waals surface area contributed by atoms with Crippen molar-refractivity contribution in [1.82, 2.24) is 4.90 Å².